The van der Waals surface area contributed by atoms with E-state index in [4.69, 9.17) is 33.7 Å². The molecule has 1 aliphatic heterocycles. The lowest BCUT2D eigenvalue weighted by molar-refractivity contribution is 0.122. The second-order valence-corrected chi connectivity index (χ2v) is 5.45. The third-order valence-electron chi connectivity index (χ3n) is 3.06. The van der Waals surface area contributed by atoms with Crippen molar-refractivity contribution in [1.82, 2.24) is 15.0 Å². The minimum absolute atomic E-state index is 0.164. The van der Waals surface area contributed by atoms with Gasteiger partial charge in [0, 0.05) is 28.7 Å². The van der Waals surface area contributed by atoms with Gasteiger partial charge in [-0.05, 0) is 18.2 Å². The fraction of sp³-hybridized carbons (Fsp3) is 0.308. The SMILES string of the molecule is Nc1nc(-c2cc(Cl)cc(Cl)c2)nc(N2CCOCC2)n1. The van der Waals surface area contributed by atoms with Crippen molar-refractivity contribution in [3.8, 4) is 11.4 Å². The Morgan fingerprint density at radius 2 is 1.67 bits per heavy atom. The zero-order valence-corrected chi connectivity index (χ0v) is 12.6. The number of ether oxygens (including phenoxy) is 1. The molecule has 3 rings (SSSR count). The smallest absolute Gasteiger partial charge is 0.230 e. The normalized spacial score (nSPS) is 15.2. The molecule has 0 unspecified atom stereocenters. The Bertz CT molecular complexity index is 641. The molecule has 0 atom stereocenters. The highest BCUT2D eigenvalue weighted by Gasteiger charge is 2.16. The van der Waals surface area contributed by atoms with Crippen LogP contribution in [0.2, 0.25) is 10.0 Å². The van der Waals surface area contributed by atoms with Gasteiger partial charge in [-0.15, -0.1) is 0 Å². The lowest BCUT2D eigenvalue weighted by Gasteiger charge is -2.26. The van der Waals surface area contributed by atoms with Crippen LogP contribution in [0.25, 0.3) is 11.4 Å². The molecule has 2 heterocycles. The van der Waals surface area contributed by atoms with Gasteiger partial charge in [-0.25, -0.2) is 0 Å². The van der Waals surface area contributed by atoms with Gasteiger partial charge in [0.2, 0.25) is 11.9 Å². The summed E-state index contributed by atoms with van der Waals surface area (Å²) in [5.74, 6) is 1.16. The number of anilines is 2. The average Bonchev–Trinajstić information content (AvgIpc) is 2.46. The number of nitrogens with zero attached hydrogens (tertiary/aromatic N) is 4. The van der Waals surface area contributed by atoms with Crippen molar-refractivity contribution >= 4 is 35.1 Å². The first-order valence-electron chi connectivity index (χ1n) is 6.42. The molecule has 110 valence electrons. The number of nitrogens with two attached hydrogens (primary N) is 1. The minimum atomic E-state index is 0.164. The van der Waals surface area contributed by atoms with Crippen molar-refractivity contribution in [3.05, 3.63) is 28.2 Å². The second kappa shape index (κ2) is 6.01. The summed E-state index contributed by atoms with van der Waals surface area (Å²) in [7, 11) is 0. The Kier molecular flexibility index (Phi) is 4.10. The van der Waals surface area contributed by atoms with Crippen LogP contribution in [0.5, 0.6) is 0 Å². The number of hydrogen-bond acceptors (Lipinski definition) is 6. The van der Waals surface area contributed by atoms with E-state index in [0.29, 0.717) is 40.6 Å². The molecule has 0 radical (unpaired) electrons. The Morgan fingerprint density at radius 3 is 2.33 bits per heavy atom. The highest BCUT2D eigenvalue weighted by molar-refractivity contribution is 6.35. The van der Waals surface area contributed by atoms with Crippen molar-refractivity contribution in [3.63, 3.8) is 0 Å². The molecule has 0 bridgehead atoms. The van der Waals surface area contributed by atoms with Gasteiger partial charge < -0.3 is 15.4 Å². The maximum atomic E-state index is 6.01. The van der Waals surface area contributed by atoms with Crippen LogP contribution in [0.3, 0.4) is 0 Å². The molecular weight excluding hydrogens is 313 g/mol. The van der Waals surface area contributed by atoms with Gasteiger partial charge in [-0.1, -0.05) is 23.2 Å². The van der Waals surface area contributed by atoms with Gasteiger partial charge in [0.15, 0.2) is 5.82 Å². The average molecular weight is 326 g/mol. The van der Waals surface area contributed by atoms with Gasteiger partial charge in [-0.3, -0.25) is 0 Å². The van der Waals surface area contributed by atoms with Crippen LogP contribution in [0.15, 0.2) is 18.2 Å². The van der Waals surface area contributed by atoms with Crippen LogP contribution in [-0.4, -0.2) is 41.3 Å². The number of morpholine rings is 1. The minimum Gasteiger partial charge on any atom is -0.378 e. The topological polar surface area (TPSA) is 77.2 Å². The molecule has 21 heavy (non-hydrogen) atoms. The van der Waals surface area contributed by atoms with Crippen molar-refractivity contribution < 1.29 is 4.74 Å². The lowest BCUT2D eigenvalue weighted by Crippen LogP contribution is -2.37. The molecule has 2 N–H and O–H groups in total. The van der Waals surface area contributed by atoms with Gasteiger partial charge in [0.1, 0.15) is 0 Å². The molecule has 2 aromatic rings. The van der Waals surface area contributed by atoms with E-state index in [1.54, 1.807) is 18.2 Å². The Hall–Kier alpha value is -1.63. The zero-order valence-electron chi connectivity index (χ0n) is 11.1. The first-order chi connectivity index (χ1) is 10.1. The monoisotopic (exact) mass is 325 g/mol. The van der Waals surface area contributed by atoms with Crippen molar-refractivity contribution in [2.24, 2.45) is 0 Å². The van der Waals surface area contributed by atoms with Crippen LogP contribution in [-0.2, 0) is 4.74 Å². The number of aromatic nitrogens is 3. The van der Waals surface area contributed by atoms with E-state index in [1.807, 2.05) is 4.90 Å². The first-order valence-corrected chi connectivity index (χ1v) is 7.18. The van der Waals surface area contributed by atoms with Crippen LogP contribution in [0.1, 0.15) is 0 Å². The Balaban J connectivity index is 2.00. The molecule has 0 amide bonds. The third kappa shape index (κ3) is 3.34. The van der Waals surface area contributed by atoms with Crippen LogP contribution in [0, 0.1) is 0 Å². The first kappa shape index (κ1) is 14.3. The lowest BCUT2D eigenvalue weighted by atomic mass is 10.2. The summed E-state index contributed by atoms with van der Waals surface area (Å²) in [4.78, 5) is 14.8. The summed E-state index contributed by atoms with van der Waals surface area (Å²) in [6.45, 7) is 2.73. The third-order valence-corrected chi connectivity index (χ3v) is 3.49. The summed E-state index contributed by atoms with van der Waals surface area (Å²) in [6.07, 6.45) is 0. The van der Waals surface area contributed by atoms with Crippen molar-refractivity contribution in [2.75, 3.05) is 36.9 Å². The molecule has 1 aromatic carbocycles. The Morgan fingerprint density at radius 1 is 1.00 bits per heavy atom. The van der Waals surface area contributed by atoms with E-state index < -0.39 is 0 Å². The predicted octanol–water partition coefficient (Wildman–Crippen LogP) is 2.26. The van der Waals surface area contributed by atoms with Crippen molar-refractivity contribution in [1.29, 1.82) is 0 Å². The van der Waals surface area contributed by atoms with Gasteiger partial charge in [-0.2, -0.15) is 15.0 Å². The summed E-state index contributed by atoms with van der Waals surface area (Å²) in [6, 6.07) is 5.14. The highest BCUT2D eigenvalue weighted by atomic mass is 35.5. The van der Waals surface area contributed by atoms with E-state index in [-0.39, 0.29) is 5.95 Å². The number of rotatable bonds is 2. The standard InChI is InChI=1S/C13H13Cl2N5O/c14-9-5-8(6-10(15)7-9)11-17-12(16)19-13(18-11)20-1-3-21-4-2-20/h5-7H,1-4H2,(H2,16,17,18,19). The van der Waals surface area contributed by atoms with E-state index in [0.717, 1.165) is 13.1 Å². The maximum Gasteiger partial charge on any atom is 0.230 e. The molecule has 1 aromatic heterocycles. The van der Waals surface area contributed by atoms with Gasteiger partial charge in [0.25, 0.3) is 0 Å². The molecule has 1 saturated heterocycles. The van der Waals surface area contributed by atoms with Crippen LogP contribution in [0.4, 0.5) is 11.9 Å². The predicted molar refractivity (Wildman–Crippen MR) is 82.7 cm³/mol. The molecule has 8 heteroatoms. The molecule has 1 fully saturated rings. The summed E-state index contributed by atoms with van der Waals surface area (Å²) in [5.41, 5.74) is 6.50. The molecular formula is C13H13Cl2N5O. The van der Waals surface area contributed by atoms with E-state index in [2.05, 4.69) is 15.0 Å². The molecule has 0 aliphatic carbocycles. The quantitative estimate of drug-likeness (QED) is 0.912. The Labute approximate surface area is 131 Å². The van der Waals surface area contributed by atoms with E-state index in [1.165, 1.54) is 0 Å². The molecule has 0 spiro atoms. The molecule has 1 aliphatic rings. The number of halogens is 2. The maximum absolute atomic E-state index is 6.01. The van der Waals surface area contributed by atoms with Crippen LogP contribution >= 0.6 is 23.2 Å². The zero-order chi connectivity index (χ0) is 14.8. The molecule has 6 nitrogen and oxygen atoms in total. The van der Waals surface area contributed by atoms with Crippen LogP contribution < -0.4 is 10.6 Å². The fourth-order valence-corrected chi connectivity index (χ4v) is 2.62. The number of hydrogen-bond donors (Lipinski definition) is 1. The fourth-order valence-electron chi connectivity index (χ4n) is 2.10. The number of benzene rings is 1. The number of nitrogen functional groups attached to an aromatic ring is 1. The van der Waals surface area contributed by atoms with E-state index in [9.17, 15) is 0 Å². The molecule has 0 saturated carbocycles. The van der Waals surface area contributed by atoms with Gasteiger partial charge >= 0.3 is 0 Å². The highest BCUT2D eigenvalue weighted by Crippen LogP contribution is 2.26. The van der Waals surface area contributed by atoms with E-state index >= 15 is 0 Å². The second-order valence-electron chi connectivity index (χ2n) is 4.57. The van der Waals surface area contributed by atoms with Crippen molar-refractivity contribution in [2.45, 2.75) is 0 Å². The summed E-state index contributed by atoms with van der Waals surface area (Å²) in [5, 5.41) is 1.04. The summed E-state index contributed by atoms with van der Waals surface area (Å²) >= 11 is 12.0. The van der Waals surface area contributed by atoms with Gasteiger partial charge in [0.05, 0.1) is 13.2 Å². The summed E-state index contributed by atoms with van der Waals surface area (Å²) < 4.78 is 5.32. The largest absolute Gasteiger partial charge is 0.378 e.